The molecular formula is C15H13F2N3O. The molecule has 0 aliphatic heterocycles. The molecule has 0 aliphatic rings. The van der Waals surface area contributed by atoms with Crippen LogP contribution in [0.4, 0.5) is 20.3 Å². The number of anilines is 2. The Bertz CT molecular complexity index is 656. The van der Waals surface area contributed by atoms with E-state index >= 15 is 0 Å². The average molecular weight is 289 g/mol. The Kier molecular flexibility index (Phi) is 4.61. The molecule has 0 atom stereocenters. The van der Waals surface area contributed by atoms with Crippen molar-refractivity contribution in [1.29, 1.82) is 0 Å². The summed E-state index contributed by atoms with van der Waals surface area (Å²) in [5.74, 6) is -2.32. The molecule has 0 spiro atoms. The molecule has 6 heteroatoms. The van der Waals surface area contributed by atoms with Crippen LogP contribution in [-0.4, -0.2) is 17.4 Å². The number of pyridine rings is 1. The quantitative estimate of drug-likeness (QED) is 0.831. The molecular weight excluding hydrogens is 276 g/mol. The van der Waals surface area contributed by atoms with E-state index in [1.165, 1.54) is 6.07 Å². The maximum Gasteiger partial charge on any atom is 0.256 e. The molecule has 0 fully saturated rings. The van der Waals surface area contributed by atoms with E-state index in [-0.39, 0.29) is 5.56 Å². The minimum Gasteiger partial charge on any atom is -0.380 e. The number of hydrogen-bond acceptors (Lipinski definition) is 3. The SMILES string of the molecule is C=CCNc1ccc(NC(=O)c2ccc(F)c(F)c2)nc1. The number of halogens is 2. The molecule has 1 heterocycles. The fourth-order valence-corrected chi connectivity index (χ4v) is 1.59. The minimum atomic E-state index is -1.07. The maximum absolute atomic E-state index is 13.1. The Labute approximate surface area is 120 Å². The summed E-state index contributed by atoms with van der Waals surface area (Å²) < 4.78 is 25.9. The first-order chi connectivity index (χ1) is 10.1. The van der Waals surface area contributed by atoms with E-state index in [0.29, 0.717) is 12.4 Å². The Balaban J connectivity index is 2.05. The highest BCUT2D eigenvalue weighted by atomic mass is 19.2. The summed E-state index contributed by atoms with van der Waals surface area (Å²) in [7, 11) is 0. The van der Waals surface area contributed by atoms with Gasteiger partial charge in [-0.2, -0.15) is 0 Å². The first-order valence-corrected chi connectivity index (χ1v) is 6.17. The van der Waals surface area contributed by atoms with Gasteiger partial charge < -0.3 is 10.6 Å². The van der Waals surface area contributed by atoms with Crippen LogP contribution in [0.1, 0.15) is 10.4 Å². The van der Waals surface area contributed by atoms with Gasteiger partial charge in [-0.05, 0) is 30.3 Å². The normalized spacial score (nSPS) is 10.0. The summed E-state index contributed by atoms with van der Waals surface area (Å²) in [5.41, 5.74) is 0.797. The Hall–Kier alpha value is -2.76. The lowest BCUT2D eigenvalue weighted by atomic mass is 10.2. The summed E-state index contributed by atoms with van der Waals surface area (Å²) >= 11 is 0. The second-order valence-corrected chi connectivity index (χ2v) is 4.18. The lowest BCUT2D eigenvalue weighted by Gasteiger charge is -2.07. The molecule has 21 heavy (non-hydrogen) atoms. The predicted molar refractivity (Wildman–Crippen MR) is 77.2 cm³/mol. The largest absolute Gasteiger partial charge is 0.380 e. The van der Waals surface area contributed by atoms with Crippen LogP contribution in [0, 0.1) is 11.6 Å². The summed E-state index contributed by atoms with van der Waals surface area (Å²) in [6.45, 7) is 4.18. The number of carbonyl (C=O) groups excluding carboxylic acids is 1. The number of benzene rings is 1. The summed E-state index contributed by atoms with van der Waals surface area (Å²) in [6, 6.07) is 6.28. The van der Waals surface area contributed by atoms with Crippen molar-refractivity contribution in [3.63, 3.8) is 0 Å². The van der Waals surface area contributed by atoms with Gasteiger partial charge in [-0.3, -0.25) is 4.79 Å². The van der Waals surface area contributed by atoms with Crippen LogP contribution in [0.3, 0.4) is 0 Å². The molecule has 2 rings (SSSR count). The van der Waals surface area contributed by atoms with Gasteiger partial charge in [0.1, 0.15) is 5.82 Å². The predicted octanol–water partition coefficient (Wildman–Crippen LogP) is 3.21. The number of carbonyl (C=O) groups is 1. The van der Waals surface area contributed by atoms with Crippen molar-refractivity contribution >= 4 is 17.4 Å². The number of nitrogens with one attached hydrogen (secondary N) is 2. The number of hydrogen-bond donors (Lipinski definition) is 2. The fraction of sp³-hybridized carbons (Fsp3) is 0.0667. The topological polar surface area (TPSA) is 54.0 Å². The van der Waals surface area contributed by atoms with Gasteiger partial charge >= 0.3 is 0 Å². The third-order valence-corrected chi connectivity index (χ3v) is 2.64. The smallest absolute Gasteiger partial charge is 0.256 e. The summed E-state index contributed by atoms with van der Waals surface area (Å²) in [6.07, 6.45) is 3.25. The first-order valence-electron chi connectivity index (χ1n) is 6.17. The zero-order chi connectivity index (χ0) is 15.2. The molecule has 1 aromatic heterocycles. The zero-order valence-corrected chi connectivity index (χ0v) is 11.1. The van der Waals surface area contributed by atoms with Gasteiger partial charge in [-0.1, -0.05) is 6.08 Å². The van der Waals surface area contributed by atoms with Crippen molar-refractivity contribution in [3.8, 4) is 0 Å². The molecule has 2 N–H and O–H groups in total. The van der Waals surface area contributed by atoms with Crippen molar-refractivity contribution in [1.82, 2.24) is 4.98 Å². The van der Waals surface area contributed by atoms with Crippen molar-refractivity contribution < 1.29 is 13.6 Å². The first kappa shape index (κ1) is 14.6. The second kappa shape index (κ2) is 6.60. The highest BCUT2D eigenvalue weighted by Gasteiger charge is 2.10. The van der Waals surface area contributed by atoms with Crippen molar-refractivity contribution in [2.24, 2.45) is 0 Å². The van der Waals surface area contributed by atoms with Crippen molar-refractivity contribution in [3.05, 3.63) is 66.4 Å². The maximum atomic E-state index is 13.1. The number of aromatic nitrogens is 1. The van der Waals surface area contributed by atoms with E-state index < -0.39 is 17.5 Å². The van der Waals surface area contributed by atoms with Crippen LogP contribution < -0.4 is 10.6 Å². The zero-order valence-electron chi connectivity index (χ0n) is 11.1. The van der Waals surface area contributed by atoms with Crippen LogP contribution in [0.15, 0.2) is 49.2 Å². The van der Waals surface area contributed by atoms with Crippen molar-refractivity contribution in [2.75, 3.05) is 17.2 Å². The highest BCUT2D eigenvalue weighted by molar-refractivity contribution is 6.03. The van der Waals surface area contributed by atoms with Gasteiger partial charge in [0.05, 0.1) is 11.9 Å². The van der Waals surface area contributed by atoms with Crippen LogP contribution in [0.2, 0.25) is 0 Å². The molecule has 2 aromatic rings. The third kappa shape index (κ3) is 3.85. The molecule has 0 bridgehead atoms. The van der Waals surface area contributed by atoms with Crippen LogP contribution in [0.25, 0.3) is 0 Å². The fourth-order valence-electron chi connectivity index (χ4n) is 1.59. The Morgan fingerprint density at radius 3 is 2.67 bits per heavy atom. The molecule has 1 amide bonds. The van der Waals surface area contributed by atoms with Crippen LogP contribution >= 0.6 is 0 Å². The molecule has 108 valence electrons. The van der Waals surface area contributed by atoms with Gasteiger partial charge in [0.2, 0.25) is 0 Å². The molecule has 0 aliphatic carbocycles. The average Bonchev–Trinajstić information content (AvgIpc) is 2.49. The Morgan fingerprint density at radius 2 is 2.05 bits per heavy atom. The van der Waals surface area contributed by atoms with E-state index in [0.717, 1.165) is 17.8 Å². The lowest BCUT2D eigenvalue weighted by Crippen LogP contribution is -2.13. The van der Waals surface area contributed by atoms with Gasteiger partial charge in [-0.15, -0.1) is 6.58 Å². The van der Waals surface area contributed by atoms with Crippen LogP contribution in [-0.2, 0) is 0 Å². The third-order valence-electron chi connectivity index (χ3n) is 2.64. The van der Waals surface area contributed by atoms with E-state index in [4.69, 9.17) is 0 Å². The van der Waals surface area contributed by atoms with Crippen LogP contribution in [0.5, 0.6) is 0 Å². The molecule has 0 unspecified atom stereocenters. The number of rotatable bonds is 5. The van der Waals surface area contributed by atoms with Crippen molar-refractivity contribution in [2.45, 2.75) is 0 Å². The van der Waals surface area contributed by atoms with E-state index in [9.17, 15) is 13.6 Å². The van der Waals surface area contributed by atoms with E-state index in [1.807, 2.05) is 0 Å². The second-order valence-electron chi connectivity index (χ2n) is 4.18. The molecule has 4 nitrogen and oxygen atoms in total. The van der Waals surface area contributed by atoms with E-state index in [1.54, 1.807) is 24.4 Å². The Morgan fingerprint density at radius 1 is 1.24 bits per heavy atom. The van der Waals surface area contributed by atoms with Gasteiger partial charge in [0, 0.05) is 12.1 Å². The number of amides is 1. The summed E-state index contributed by atoms with van der Waals surface area (Å²) in [4.78, 5) is 15.9. The molecule has 0 radical (unpaired) electrons. The highest BCUT2D eigenvalue weighted by Crippen LogP contribution is 2.13. The standard InChI is InChI=1S/C15H13F2N3O/c1-2-7-18-11-4-6-14(19-9-11)20-15(21)10-3-5-12(16)13(17)8-10/h2-6,8-9,18H,1,7H2,(H,19,20,21). The molecule has 1 aromatic carbocycles. The lowest BCUT2D eigenvalue weighted by molar-refractivity contribution is 0.102. The van der Waals surface area contributed by atoms with Gasteiger partial charge in [0.25, 0.3) is 5.91 Å². The number of nitrogens with zero attached hydrogens (tertiary/aromatic N) is 1. The molecule has 0 saturated heterocycles. The monoisotopic (exact) mass is 289 g/mol. The minimum absolute atomic E-state index is 0.0181. The van der Waals surface area contributed by atoms with Gasteiger partial charge in [-0.25, -0.2) is 13.8 Å². The molecule has 0 saturated carbocycles. The van der Waals surface area contributed by atoms with Gasteiger partial charge in [0.15, 0.2) is 11.6 Å². The summed E-state index contributed by atoms with van der Waals surface area (Å²) in [5, 5.41) is 5.54. The van der Waals surface area contributed by atoms with E-state index in [2.05, 4.69) is 22.2 Å².